The highest BCUT2D eigenvalue weighted by atomic mass is 32.1. The number of likely N-dealkylation sites (N-methyl/N-ethyl adjacent to an activating group) is 1. The van der Waals surface area contributed by atoms with Crippen LogP contribution < -0.4 is 0 Å². The summed E-state index contributed by atoms with van der Waals surface area (Å²) in [5.74, 6) is -0.396. The Morgan fingerprint density at radius 3 is 2.65 bits per heavy atom. The van der Waals surface area contributed by atoms with Gasteiger partial charge in [0.1, 0.15) is 23.0 Å². The zero-order chi connectivity index (χ0) is 16.7. The zero-order valence-electron chi connectivity index (χ0n) is 13.0. The van der Waals surface area contributed by atoms with Crippen LogP contribution in [0.25, 0.3) is 16.4 Å². The molecule has 2 amide bonds. The van der Waals surface area contributed by atoms with E-state index in [0.717, 1.165) is 20.1 Å². The predicted octanol–water partition coefficient (Wildman–Crippen LogP) is 3.41. The largest absolute Gasteiger partial charge is 0.456 e. The molecule has 6 heteroatoms. The highest BCUT2D eigenvalue weighted by Crippen LogP contribution is 2.31. The number of nitriles is 1. The van der Waals surface area contributed by atoms with Crippen LogP contribution >= 0.6 is 11.3 Å². The van der Waals surface area contributed by atoms with Gasteiger partial charge in [-0.2, -0.15) is 5.26 Å². The molecule has 0 bridgehead atoms. The van der Waals surface area contributed by atoms with Crippen molar-refractivity contribution in [2.24, 2.45) is 0 Å². The summed E-state index contributed by atoms with van der Waals surface area (Å²) in [7, 11) is 0. The normalized spacial score (nSPS) is 17.5. The molecule has 2 aromatic heterocycles. The van der Waals surface area contributed by atoms with Crippen molar-refractivity contribution < 1.29 is 14.0 Å². The van der Waals surface area contributed by atoms with Crippen LogP contribution in [-0.4, -0.2) is 23.3 Å². The molecule has 2 aromatic rings. The minimum Gasteiger partial charge on any atom is -0.456 e. The highest BCUT2D eigenvalue weighted by Gasteiger charge is 2.34. The first kappa shape index (κ1) is 15.3. The fourth-order valence-corrected chi connectivity index (χ4v) is 3.49. The van der Waals surface area contributed by atoms with Gasteiger partial charge in [0.15, 0.2) is 0 Å². The average molecular weight is 326 g/mol. The Balaban J connectivity index is 2.13. The Kier molecular flexibility index (Phi) is 3.66. The lowest BCUT2D eigenvalue weighted by Crippen LogP contribution is -2.42. The van der Waals surface area contributed by atoms with E-state index in [4.69, 9.17) is 4.42 Å². The molecule has 0 fully saturated rings. The van der Waals surface area contributed by atoms with Gasteiger partial charge in [-0.1, -0.05) is 0 Å². The second-order valence-corrected chi connectivity index (χ2v) is 6.55. The van der Waals surface area contributed by atoms with Crippen molar-refractivity contribution in [3.63, 3.8) is 0 Å². The number of imide groups is 1. The van der Waals surface area contributed by atoms with Crippen LogP contribution in [0, 0.1) is 18.3 Å². The summed E-state index contributed by atoms with van der Waals surface area (Å²) in [6.45, 7) is 5.54. The third kappa shape index (κ3) is 2.39. The molecule has 0 unspecified atom stereocenters. The molecule has 23 heavy (non-hydrogen) atoms. The molecule has 0 radical (unpaired) electrons. The quantitative estimate of drug-likeness (QED) is 0.626. The van der Waals surface area contributed by atoms with Crippen molar-refractivity contribution in [1.82, 2.24) is 4.90 Å². The van der Waals surface area contributed by atoms with Crippen LogP contribution in [-0.2, 0) is 9.59 Å². The molecule has 0 spiro atoms. The van der Waals surface area contributed by atoms with Gasteiger partial charge in [0.05, 0.1) is 4.70 Å². The number of hydrogen-bond donors (Lipinski definition) is 0. The SMILES string of the molecule is CCN1C(=O)C(C#N)=C(C)/C(=C/c2cc3sc(C)cc3o2)C1=O. The molecule has 0 aliphatic carbocycles. The van der Waals surface area contributed by atoms with E-state index in [1.807, 2.05) is 25.1 Å². The van der Waals surface area contributed by atoms with Gasteiger partial charge in [0.25, 0.3) is 11.8 Å². The lowest BCUT2D eigenvalue weighted by atomic mass is 9.95. The van der Waals surface area contributed by atoms with Crippen LogP contribution in [0.1, 0.15) is 24.5 Å². The Morgan fingerprint density at radius 1 is 1.30 bits per heavy atom. The van der Waals surface area contributed by atoms with Gasteiger partial charge in [-0.25, -0.2) is 0 Å². The van der Waals surface area contributed by atoms with Gasteiger partial charge in [0.2, 0.25) is 0 Å². The first-order chi connectivity index (χ1) is 11.0. The minimum absolute atomic E-state index is 0.00177. The molecule has 5 nitrogen and oxygen atoms in total. The zero-order valence-corrected chi connectivity index (χ0v) is 13.8. The Hall–Kier alpha value is -2.65. The van der Waals surface area contributed by atoms with Gasteiger partial charge in [-0.3, -0.25) is 14.5 Å². The topological polar surface area (TPSA) is 74.3 Å². The first-order valence-corrected chi connectivity index (χ1v) is 7.97. The maximum Gasteiger partial charge on any atom is 0.271 e. The van der Waals surface area contributed by atoms with E-state index in [2.05, 4.69) is 0 Å². The van der Waals surface area contributed by atoms with E-state index < -0.39 is 11.8 Å². The number of carbonyl (C=O) groups is 2. The molecule has 0 N–H and O–H groups in total. The van der Waals surface area contributed by atoms with Gasteiger partial charge < -0.3 is 4.42 Å². The standard InChI is InChI=1S/C17H14N2O3S/c1-4-19-16(20)12(10(3)13(8-18)17(19)21)6-11-7-15-14(22-11)5-9(2)23-15/h5-7H,4H2,1-3H3/b12-6-. The number of rotatable bonds is 2. The maximum atomic E-state index is 12.5. The average Bonchev–Trinajstić information content (AvgIpc) is 3.01. The molecule has 0 aromatic carbocycles. The van der Waals surface area contributed by atoms with Crippen LogP contribution in [0.2, 0.25) is 0 Å². The van der Waals surface area contributed by atoms with E-state index >= 15 is 0 Å². The van der Waals surface area contributed by atoms with Crippen molar-refractivity contribution in [3.05, 3.63) is 39.5 Å². The summed E-state index contributed by atoms with van der Waals surface area (Å²) in [5.41, 5.74) is 1.49. The summed E-state index contributed by atoms with van der Waals surface area (Å²) < 4.78 is 6.73. The number of carbonyl (C=O) groups excluding carboxylic acids is 2. The van der Waals surface area contributed by atoms with Crippen LogP contribution in [0.4, 0.5) is 0 Å². The Morgan fingerprint density at radius 2 is 2.04 bits per heavy atom. The van der Waals surface area contributed by atoms with Crippen molar-refractivity contribution >= 4 is 39.5 Å². The number of nitrogens with zero attached hydrogens (tertiary/aromatic N) is 2. The second-order valence-electron chi connectivity index (χ2n) is 5.26. The number of amides is 2. The molecule has 0 saturated carbocycles. The molecule has 1 aliphatic rings. The first-order valence-electron chi connectivity index (χ1n) is 7.15. The maximum absolute atomic E-state index is 12.5. The number of thiophene rings is 1. The summed E-state index contributed by atoms with van der Waals surface area (Å²) in [5, 5.41) is 9.21. The van der Waals surface area contributed by atoms with Crippen molar-refractivity contribution in [2.75, 3.05) is 6.54 Å². The third-order valence-electron chi connectivity index (χ3n) is 3.78. The summed E-state index contributed by atoms with van der Waals surface area (Å²) in [6.07, 6.45) is 1.60. The molecule has 3 rings (SSSR count). The molecule has 116 valence electrons. The highest BCUT2D eigenvalue weighted by molar-refractivity contribution is 7.18. The van der Waals surface area contributed by atoms with E-state index in [-0.39, 0.29) is 12.1 Å². The van der Waals surface area contributed by atoms with Gasteiger partial charge in [-0.05, 0) is 38.5 Å². The van der Waals surface area contributed by atoms with E-state index in [1.165, 1.54) is 0 Å². The fourth-order valence-electron chi connectivity index (χ4n) is 2.61. The molecule has 3 heterocycles. The van der Waals surface area contributed by atoms with Gasteiger partial charge in [0, 0.05) is 23.1 Å². The number of fused-ring (bicyclic) bond motifs is 1. The summed E-state index contributed by atoms with van der Waals surface area (Å²) >= 11 is 1.61. The van der Waals surface area contributed by atoms with Crippen molar-refractivity contribution in [2.45, 2.75) is 20.8 Å². The lowest BCUT2D eigenvalue weighted by molar-refractivity contribution is -0.140. The van der Waals surface area contributed by atoms with Crippen molar-refractivity contribution in [1.29, 1.82) is 5.26 Å². The van der Waals surface area contributed by atoms with Crippen molar-refractivity contribution in [3.8, 4) is 6.07 Å². The predicted molar refractivity (Wildman–Crippen MR) is 87.5 cm³/mol. The second kappa shape index (κ2) is 5.52. The number of furan rings is 1. The summed E-state index contributed by atoms with van der Waals surface area (Å²) in [4.78, 5) is 26.9. The number of aryl methyl sites for hydroxylation is 1. The molecular formula is C17H14N2O3S. The van der Waals surface area contributed by atoms with Crippen LogP contribution in [0.15, 0.2) is 33.3 Å². The molecular weight excluding hydrogens is 312 g/mol. The van der Waals surface area contributed by atoms with Gasteiger partial charge in [-0.15, -0.1) is 11.3 Å². The third-order valence-corrected chi connectivity index (χ3v) is 4.76. The minimum atomic E-state index is -0.536. The van der Waals surface area contributed by atoms with E-state index in [0.29, 0.717) is 16.9 Å². The fraction of sp³-hybridized carbons (Fsp3) is 0.235. The molecule has 0 saturated heterocycles. The van der Waals surface area contributed by atoms with Crippen LogP contribution in [0.5, 0.6) is 0 Å². The Bertz CT molecular complexity index is 905. The number of hydrogen-bond acceptors (Lipinski definition) is 5. The van der Waals surface area contributed by atoms with E-state index in [9.17, 15) is 14.9 Å². The molecule has 0 atom stereocenters. The van der Waals surface area contributed by atoms with Crippen LogP contribution in [0.3, 0.4) is 0 Å². The smallest absolute Gasteiger partial charge is 0.271 e. The van der Waals surface area contributed by atoms with Gasteiger partial charge >= 0.3 is 0 Å². The van der Waals surface area contributed by atoms with E-state index in [1.54, 1.807) is 31.3 Å². The summed E-state index contributed by atoms with van der Waals surface area (Å²) in [6, 6.07) is 5.70. The Labute approximate surface area is 137 Å². The lowest BCUT2D eigenvalue weighted by Gasteiger charge is -2.25. The monoisotopic (exact) mass is 326 g/mol. The molecule has 1 aliphatic heterocycles.